The molecular weight excluding hydrogens is 266 g/mol. The molecule has 4 heteroatoms. The lowest BCUT2D eigenvalue weighted by molar-refractivity contribution is 0.0229. The van der Waals surface area contributed by atoms with Crippen molar-refractivity contribution in [2.75, 3.05) is 46.6 Å². The first-order chi connectivity index (χ1) is 10.3. The molecule has 0 radical (unpaired) electrons. The largest absolute Gasteiger partial charge is 0.382 e. The molecule has 0 aliphatic carbocycles. The third-order valence-electron chi connectivity index (χ3n) is 3.30. The molecule has 1 aromatic rings. The molecule has 0 bridgehead atoms. The lowest BCUT2D eigenvalue weighted by Crippen LogP contribution is -2.24. The van der Waals surface area contributed by atoms with E-state index in [9.17, 15) is 0 Å². The molecule has 0 heterocycles. The predicted octanol–water partition coefficient (Wildman–Crippen LogP) is 2.72. The van der Waals surface area contributed by atoms with Gasteiger partial charge in [-0.1, -0.05) is 31.2 Å². The highest BCUT2D eigenvalue weighted by atomic mass is 16.5. The number of aryl methyl sites for hydroxylation is 1. The van der Waals surface area contributed by atoms with Gasteiger partial charge in [0.1, 0.15) is 0 Å². The van der Waals surface area contributed by atoms with Gasteiger partial charge in [0.25, 0.3) is 0 Å². The molecule has 0 amide bonds. The maximum atomic E-state index is 6.04. The molecule has 1 aromatic carbocycles. The summed E-state index contributed by atoms with van der Waals surface area (Å²) in [6, 6.07) is 8.41. The van der Waals surface area contributed by atoms with Crippen molar-refractivity contribution in [2.24, 2.45) is 0 Å². The first kappa shape index (κ1) is 18.1. The van der Waals surface area contributed by atoms with Crippen LogP contribution in [0.4, 0.5) is 0 Å². The van der Waals surface area contributed by atoms with E-state index in [0.29, 0.717) is 26.4 Å². The van der Waals surface area contributed by atoms with Gasteiger partial charge < -0.3 is 19.5 Å². The number of methoxy groups -OCH3 is 1. The van der Waals surface area contributed by atoms with Crippen LogP contribution in [0.25, 0.3) is 0 Å². The van der Waals surface area contributed by atoms with E-state index in [1.165, 1.54) is 11.1 Å². The van der Waals surface area contributed by atoms with E-state index in [0.717, 1.165) is 19.5 Å². The highest BCUT2D eigenvalue weighted by Gasteiger charge is 2.13. The smallest absolute Gasteiger partial charge is 0.0951 e. The molecule has 4 nitrogen and oxygen atoms in total. The quantitative estimate of drug-likeness (QED) is 0.602. The highest BCUT2D eigenvalue weighted by Crippen LogP contribution is 2.20. The summed E-state index contributed by atoms with van der Waals surface area (Å²) in [5, 5.41) is 3.37. The molecule has 21 heavy (non-hydrogen) atoms. The summed E-state index contributed by atoms with van der Waals surface area (Å²) in [7, 11) is 1.68. The Morgan fingerprint density at radius 2 is 1.90 bits per heavy atom. The molecular formula is C17H29NO3. The third-order valence-corrected chi connectivity index (χ3v) is 3.30. The van der Waals surface area contributed by atoms with Crippen LogP contribution in [0.5, 0.6) is 0 Å². The van der Waals surface area contributed by atoms with E-state index in [-0.39, 0.29) is 6.10 Å². The normalized spacial score (nSPS) is 12.5. The van der Waals surface area contributed by atoms with E-state index in [1.54, 1.807) is 7.11 Å². The predicted molar refractivity (Wildman–Crippen MR) is 85.7 cm³/mol. The van der Waals surface area contributed by atoms with Crippen molar-refractivity contribution in [1.82, 2.24) is 5.32 Å². The van der Waals surface area contributed by atoms with Crippen molar-refractivity contribution in [3.63, 3.8) is 0 Å². The van der Waals surface area contributed by atoms with Crippen LogP contribution >= 0.6 is 0 Å². The van der Waals surface area contributed by atoms with Gasteiger partial charge in [0.05, 0.1) is 19.3 Å². The molecule has 1 unspecified atom stereocenters. The van der Waals surface area contributed by atoms with Crippen LogP contribution in [0.15, 0.2) is 24.3 Å². The lowest BCUT2D eigenvalue weighted by atomic mass is 10.0. The first-order valence-corrected chi connectivity index (χ1v) is 7.74. The van der Waals surface area contributed by atoms with Gasteiger partial charge in [0.15, 0.2) is 0 Å². The minimum absolute atomic E-state index is 0.102. The second-order valence-electron chi connectivity index (χ2n) is 4.98. The van der Waals surface area contributed by atoms with Gasteiger partial charge in [0.2, 0.25) is 0 Å². The van der Waals surface area contributed by atoms with E-state index in [4.69, 9.17) is 14.2 Å². The lowest BCUT2D eigenvalue weighted by Gasteiger charge is -2.20. The number of hydrogen-bond acceptors (Lipinski definition) is 4. The van der Waals surface area contributed by atoms with Crippen molar-refractivity contribution in [3.8, 4) is 0 Å². The number of benzene rings is 1. The summed E-state index contributed by atoms with van der Waals surface area (Å²) in [5.41, 5.74) is 2.54. The van der Waals surface area contributed by atoms with Crippen LogP contribution in [-0.4, -0.2) is 46.6 Å². The van der Waals surface area contributed by atoms with E-state index in [2.05, 4.69) is 43.4 Å². The van der Waals surface area contributed by atoms with Gasteiger partial charge in [-0.25, -0.2) is 0 Å². The van der Waals surface area contributed by atoms with Crippen molar-refractivity contribution >= 4 is 0 Å². The molecule has 0 saturated carbocycles. The summed E-state index contributed by atoms with van der Waals surface area (Å²) in [5.74, 6) is 0. The zero-order chi connectivity index (χ0) is 15.3. The fourth-order valence-electron chi connectivity index (χ4n) is 2.11. The molecule has 0 aliphatic heterocycles. The number of ether oxygens (including phenoxy) is 3. The van der Waals surface area contributed by atoms with Gasteiger partial charge in [0, 0.05) is 26.9 Å². The molecule has 0 aliphatic rings. The average Bonchev–Trinajstić information content (AvgIpc) is 2.50. The van der Waals surface area contributed by atoms with Gasteiger partial charge in [-0.05, 0) is 31.0 Å². The SMILES string of the molecule is CCNCC(OCCCOCCOC)c1ccccc1C. The molecule has 0 fully saturated rings. The molecule has 1 N–H and O–H groups in total. The Labute approximate surface area is 128 Å². The Hall–Kier alpha value is -0.940. The molecule has 1 atom stereocenters. The Balaban J connectivity index is 2.35. The first-order valence-electron chi connectivity index (χ1n) is 7.74. The van der Waals surface area contributed by atoms with E-state index in [1.807, 2.05) is 0 Å². The fourth-order valence-corrected chi connectivity index (χ4v) is 2.11. The Kier molecular flexibility index (Phi) is 10.1. The summed E-state index contributed by atoms with van der Waals surface area (Å²) >= 11 is 0. The molecule has 0 saturated heterocycles. The standard InChI is InChI=1S/C17H29NO3/c1-4-18-14-17(16-9-6-5-8-15(16)2)21-11-7-10-20-13-12-19-3/h5-6,8-9,17-18H,4,7,10-14H2,1-3H3. The summed E-state index contributed by atoms with van der Waals surface area (Å²) in [6.07, 6.45) is 1.00. The van der Waals surface area contributed by atoms with Gasteiger partial charge in [-0.2, -0.15) is 0 Å². The highest BCUT2D eigenvalue weighted by molar-refractivity contribution is 5.28. The van der Waals surface area contributed by atoms with Crippen LogP contribution in [0, 0.1) is 6.92 Å². The molecule has 1 rings (SSSR count). The van der Waals surface area contributed by atoms with Crippen LogP contribution in [-0.2, 0) is 14.2 Å². The average molecular weight is 295 g/mol. The van der Waals surface area contributed by atoms with Gasteiger partial charge in [-0.15, -0.1) is 0 Å². The Morgan fingerprint density at radius 1 is 1.10 bits per heavy atom. The zero-order valence-electron chi connectivity index (χ0n) is 13.6. The topological polar surface area (TPSA) is 39.7 Å². The Bertz CT molecular complexity index is 371. The molecule has 120 valence electrons. The molecule has 0 aromatic heterocycles. The number of nitrogens with one attached hydrogen (secondary N) is 1. The second kappa shape index (κ2) is 11.7. The second-order valence-corrected chi connectivity index (χ2v) is 4.98. The molecule has 0 spiro atoms. The summed E-state index contributed by atoms with van der Waals surface area (Å²) in [4.78, 5) is 0. The van der Waals surface area contributed by atoms with Crippen molar-refractivity contribution < 1.29 is 14.2 Å². The minimum Gasteiger partial charge on any atom is -0.382 e. The maximum absolute atomic E-state index is 6.04. The number of likely N-dealkylation sites (N-methyl/N-ethyl adjacent to an activating group) is 1. The van der Waals surface area contributed by atoms with Gasteiger partial charge >= 0.3 is 0 Å². The number of rotatable bonds is 12. The van der Waals surface area contributed by atoms with Gasteiger partial charge in [-0.3, -0.25) is 0 Å². The maximum Gasteiger partial charge on any atom is 0.0951 e. The third kappa shape index (κ3) is 7.58. The van der Waals surface area contributed by atoms with E-state index < -0.39 is 0 Å². The van der Waals surface area contributed by atoms with Crippen molar-refractivity contribution in [2.45, 2.75) is 26.4 Å². The van der Waals surface area contributed by atoms with Crippen LogP contribution in [0.1, 0.15) is 30.6 Å². The van der Waals surface area contributed by atoms with Crippen molar-refractivity contribution in [3.05, 3.63) is 35.4 Å². The monoisotopic (exact) mass is 295 g/mol. The number of hydrogen-bond donors (Lipinski definition) is 1. The van der Waals surface area contributed by atoms with E-state index >= 15 is 0 Å². The van der Waals surface area contributed by atoms with Crippen LogP contribution < -0.4 is 5.32 Å². The van der Waals surface area contributed by atoms with Crippen molar-refractivity contribution in [1.29, 1.82) is 0 Å². The van der Waals surface area contributed by atoms with Crippen LogP contribution in [0.3, 0.4) is 0 Å². The summed E-state index contributed by atoms with van der Waals surface area (Å²) in [6.45, 7) is 8.74. The summed E-state index contributed by atoms with van der Waals surface area (Å²) < 4.78 is 16.4. The minimum atomic E-state index is 0.102. The zero-order valence-corrected chi connectivity index (χ0v) is 13.6. The Morgan fingerprint density at radius 3 is 2.62 bits per heavy atom. The fraction of sp³-hybridized carbons (Fsp3) is 0.647. The van der Waals surface area contributed by atoms with Crippen LogP contribution in [0.2, 0.25) is 0 Å².